The molecule has 1 aliphatic rings. The van der Waals surface area contributed by atoms with Gasteiger partial charge in [-0.05, 0) is 55.3 Å². The summed E-state index contributed by atoms with van der Waals surface area (Å²) in [6.07, 6.45) is 0. The maximum absolute atomic E-state index is 12.4. The number of aromatic nitrogens is 2. The minimum atomic E-state index is -0.487. The van der Waals surface area contributed by atoms with E-state index in [1.807, 2.05) is 26.0 Å². The fourth-order valence-electron chi connectivity index (χ4n) is 3.78. The van der Waals surface area contributed by atoms with Crippen LogP contribution in [0.25, 0.3) is 0 Å². The lowest BCUT2D eigenvalue weighted by atomic mass is 9.84. The highest BCUT2D eigenvalue weighted by atomic mass is 79.9. The molecule has 0 saturated carbocycles. The van der Waals surface area contributed by atoms with Crippen LogP contribution in [0.3, 0.4) is 0 Å². The lowest BCUT2D eigenvalue weighted by Crippen LogP contribution is -2.21. The molecule has 174 valence electrons. The van der Waals surface area contributed by atoms with Crippen LogP contribution >= 0.6 is 15.9 Å². The Morgan fingerprint density at radius 3 is 2.79 bits per heavy atom. The zero-order chi connectivity index (χ0) is 24.4. The number of carbonyl (C=O) groups excluding carboxylic acids is 1. The van der Waals surface area contributed by atoms with Crippen molar-refractivity contribution in [1.82, 2.24) is 10.2 Å². The Hall–Kier alpha value is -3.97. The van der Waals surface area contributed by atoms with Crippen molar-refractivity contribution in [3.63, 3.8) is 0 Å². The maximum atomic E-state index is 12.4. The Morgan fingerprint density at radius 1 is 1.29 bits per heavy atom. The molecule has 0 spiro atoms. The molecule has 10 heteroatoms. The molecule has 9 nitrogen and oxygen atoms in total. The zero-order valence-corrected chi connectivity index (χ0v) is 20.3. The predicted molar refractivity (Wildman–Crippen MR) is 129 cm³/mol. The molecular weight excluding hydrogens is 502 g/mol. The Bertz CT molecular complexity index is 1340. The minimum absolute atomic E-state index is 0.00522. The number of H-pyrrole nitrogens is 1. The van der Waals surface area contributed by atoms with E-state index in [-0.39, 0.29) is 24.0 Å². The van der Waals surface area contributed by atoms with Crippen molar-refractivity contribution in [1.29, 1.82) is 5.26 Å². The van der Waals surface area contributed by atoms with Crippen LogP contribution in [0.1, 0.15) is 28.3 Å². The predicted octanol–water partition coefficient (Wildman–Crippen LogP) is 4.03. The number of allylic oxidation sites excluding steroid dienone is 1. The zero-order valence-electron chi connectivity index (χ0n) is 18.7. The van der Waals surface area contributed by atoms with E-state index in [4.69, 9.17) is 19.9 Å². The standard InChI is InChI=1S/C24H22BrN5O4/c1-12-8-15(5-6-17(12)25)28-20(31)11-33-18-7-4-14(9-19(18)32-3)22-16(10-26)23(27)34-24-21(22)13(2)29-30-24/h4-9,22H,11,27H2,1-3H3,(H,28,31)(H,29,30). The van der Waals surface area contributed by atoms with Crippen LogP contribution in [-0.4, -0.2) is 29.8 Å². The molecule has 0 fully saturated rings. The highest BCUT2D eigenvalue weighted by molar-refractivity contribution is 9.10. The minimum Gasteiger partial charge on any atom is -0.493 e. The number of benzene rings is 2. The molecule has 4 N–H and O–H groups in total. The number of nitrogens with zero attached hydrogens (tertiary/aromatic N) is 2. The highest BCUT2D eigenvalue weighted by Gasteiger charge is 2.34. The first-order valence-electron chi connectivity index (χ1n) is 10.3. The number of methoxy groups -OCH3 is 1. The van der Waals surface area contributed by atoms with Crippen LogP contribution in [0, 0.1) is 25.2 Å². The summed E-state index contributed by atoms with van der Waals surface area (Å²) in [5.74, 6) is 0.344. The lowest BCUT2D eigenvalue weighted by Gasteiger charge is -2.24. The van der Waals surface area contributed by atoms with Gasteiger partial charge in [-0.25, -0.2) is 0 Å². The molecular formula is C24H22BrN5O4. The molecule has 1 amide bonds. The van der Waals surface area contributed by atoms with Gasteiger partial charge in [-0.15, -0.1) is 5.10 Å². The summed E-state index contributed by atoms with van der Waals surface area (Å²) in [6, 6.07) is 12.9. The van der Waals surface area contributed by atoms with Gasteiger partial charge in [0.1, 0.15) is 11.6 Å². The third kappa shape index (κ3) is 4.43. The molecule has 2 heterocycles. The summed E-state index contributed by atoms with van der Waals surface area (Å²) in [4.78, 5) is 12.4. The highest BCUT2D eigenvalue weighted by Crippen LogP contribution is 2.44. The first-order chi connectivity index (χ1) is 16.3. The van der Waals surface area contributed by atoms with Gasteiger partial charge in [0.15, 0.2) is 18.1 Å². The summed E-state index contributed by atoms with van der Waals surface area (Å²) >= 11 is 3.44. The van der Waals surface area contributed by atoms with E-state index in [9.17, 15) is 10.1 Å². The molecule has 0 aliphatic carbocycles. The summed E-state index contributed by atoms with van der Waals surface area (Å²) in [5.41, 5.74) is 10.2. The average Bonchev–Trinajstić information content (AvgIpc) is 3.19. The normalized spacial score (nSPS) is 14.6. The number of halogens is 1. The van der Waals surface area contributed by atoms with E-state index in [1.54, 1.807) is 24.3 Å². The number of rotatable bonds is 6. The molecule has 3 aromatic rings. The average molecular weight is 524 g/mol. The molecule has 2 aromatic carbocycles. The second-order valence-corrected chi connectivity index (χ2v) is 8.56. The van der Waals surface area contributed by atoms with E-state index in [1.165, 1.54) is 7.11 Å². The largest absolute Gasteiger partial charge is 0.493 e. The number of hydrogen-bond donors (Lipinski definition) is 3. The van der Waals surface area contributed by atoms with Crippen LogP contribution in [0.2, 0.25) is 0 Å². The summed E-state index contributed by atoms with van der Waals surface area (Å²) in [6.45, 7) is 3.58. The van der Waals surface area contributed by atoms with Gasteiger partial charge >= 0.3 is 0 Å². The summed E-state index contributed by atoms with van der Waals surface area (Å²) < 4.78 is 17.7. The molecule has 1 unspecified atom stereocenters. The van der Waals surface area contributed by atoms with Crippen LogP contribution < -0.4 is 25.3 Å². The van der Waals surface area contributed by atoms with Gasteiger partial charge in [0.05, 0.1) is 13.0 Å². The van der Waals surface area contributed by atoms with Crippen LogP contribution in [0.5, 0.6) is 17.4 Å². The van der Waals surface area contributed by atoms with Crippen molar-refractivity contribution in [3.05, 3.63) is 74.7 Å². The monoisotopic (exact) mass is 523 g/mol. The molecule has 4 rings (SSSR count). The topological polar surface area (TPSA) is 135 Å². The van der Waals surface area contributed by atoms with Crippen LogP contribution in [0.15, 0.2) is 52.3 Å². The molecule has 0 radical (unpaired) electrons. The molecule has 1 aromatic heterocycles. The SMILES string of the molecule is COc1cc(C2C(C#N)=C(N)Oc3n[nH]c(C)c32)ccc1OCC(=O)Nc1ccc(Br)c(C)c1. The van der Waals surface area contributed by atoms with Gasteiger partial charge in [0, 0.05) is 21.4 Å². The fraction of sp³-hybridized carbons (Fsp3) is 0.208. The second kappa shape index (κ2) is 9.49. The van der Waals surface area contributed by atoms with Gasteiger partial charge in [-0.3, -0.25) is 9.89 Å². The Labute approximate surface area is 204 Å². The number of hydrogen-bond acceptors (Lipinski definition) is 7. The number of anilines is 1. The Kier molecular flexibility index (Phi) is 6.47. The van der Waals surface area contributed by atoms with Crippen molar-refractivity contribution in [2.45, 2.75) is 19.8 Å². The van der Waals surface area contributed by atoms with Crippen molar-refractivity contribution in [2.75, 3.05) is 19.0 Å². The number of ether oxygens (including phenoxy) is 3. The van der Waals surface area contributed by atoms with E-state index in [0.717, 1.165) is 26.9 Å². The van der Waals surface area contributed by atoms with Gasteiger partial charge in [-0.2, -0.15) is 5.26 Å². The lowest BCUT2D eigenvalue weighted by molar-refractivity contribution is -0.118. The summed E-state index contributed by atoms with van der Waals surface area (Å²) in [5, 5.41) is 19.5. The molecule has 0 bridgehead atoms. The van der Waals surface area contributed by atoms with E-state index < -0.39 is 5.92 Å². The number of nitrogens with one attached hydrogen (secondary N) is 2. The number of aromatic amines is 1. The molecule has 0 saturated heterocycles. The molecule has 1 aliphatic heterocycles. The first-order valence-corrected chi connectivity index (χ1v) is 11.1. The fourth-order valence-corrected chi connectivity index (χ4v) is 4.02. The van der Waals surface area contributed by atoms with Gasteiger partial charge in [0.2, 0.25) is 11.8 Å². The number of aryl methyl sites for hydroxylation is 2. The van der Waals surface area contributed by atoms with Gasteiger partial charge in [-0.1, -0.05) is 22.0 Å². The van der Waals surface area contributed by atoms with Crippen molar-refractivity contribution >= 4 is 27.5 Å². The van der Waals surface area contributed by atoms with Crippen LogP contribution in [-0.2, 0) is 4.79 Å². The van der Waals surface area contributed by atoms with Crippen molar-refractivity contribution < 1.29 is 19.0 Å². The first kappa shape index (κ1) is 23.2. The third-order valence-electron chi connectivity index (χ3n) is 5.45. The number of nitrogens with two attached hydrogens (primary N) is 1. The van der Waals surface area contributed by atoms with E-state index >= 15 is 0 Å². The van der Waals surface area contributed by atoms with E-state index in [0.29, 0.717) is 23.1 Å². The molecule has 1 atom stereocenters. The number of carbonyl (C=O) groups is 1. The smallest absolute Gasteiger partial charge is 0.262 e. The van der Waals surface area contributed by atoms with E-state index in [2.05, 4.69) is 37.5 Å². The van der Waals surface area contributed by atoms with Gasteiger partial charge in [0.25, 0.3) is 5.91 Å². The Morgan fingerprint density at radius 2 is 2.09 bits per heavy atom. The number of nitriles is 1. The van der Waals surface area contributed by atoms with Crippen molar-refractivity contribution in [3.8, 4) is 23.4 Å². The number of amides is 1. The second-order valence-electron chi connectivity index (χ2n) is 7.70. The maximum Gasteiger partial charge on any atom is 0.262 e. The quantitative estimate of drug-likeness (QED) is 0.443. The van der Waals surface area contributed by atoms with Gasteiger partial charge < -0.3 is 25.3 Å². The molecule has 34 heavy (non-hydrogen) atoms. The van der Waals surface area contributed by atoms with Crippen LogP contribution in [0.4, 0.5) is 5.69 Å². The number of fused-ring (bicyclic) bond motifs is 1. The summed E-state index contributed by atoms with van der Waals surface area (Å²) in [7, 11) is 1.50. The third-order valence-corrected chi connectivity index (χ3v) is 6.34. The van der Waals surface area contributed by atoms with Crippen molar-refractivity contribution in [2.24, 2.45) is 5.73 Å². The Balaban J connectivity index is 1.55.